The highest BCUT2D eigenvalue weighted by atomic mass is 127. The number of nitrogens with zero attached hydrogens (tertiary/aromatic N) is 1. The number of aromatic hydroxyl groups is 1. The fourth-order valence-corrected chi connectivity index (χ4v) is 6.12. The van der Waals surface area contributed by atoms with E-state index in [0.29, 0.717) is 6.04 Å². The highest BCUT2D eigenvalue weighted by Crippen LogP contribution is 2.63. The summed E-state index contributed by atoms with van der Waals surface area (Å²) in [5.41, 5.74) is 5.23. The number of para-hydroxylation sites is 1. The van der Waals surface area contributed by atoms with Gasteiger partial charge < -0.3 is 38.9 Å². The predicted octanol–water partition coefficient (Wildman–Crippen LogP) is -0.289. The zero-order chi connectivity index (χ0) is 16.7. The average molecular weight is 450 g/mol. The molecule has 2 saturated heterocycles. The standard InChI is InChI=1S/C20H22N2O2.HI/c1-3-12-10-22(2)8-7-20-15-5-4-6-16(24)18(15)21-19(20)14(11-23)13(12)9-17(20)22;/h3-6,11,13,17H,7-10H2,1-2H3,(H-,21,23,24);1H/b12-3-;/t13-,17-,20+,22?;/m0./s1. The Labute approximate surface area is 165 Å². The molecule has 25 heavy (non-hydrogen) atoms. The smallest absolute Gasteiger partial charge is 0.148 e. The van der Waals surface area contributed by atoms with Crippen molar-refractivity contribution in [3.63, 3.8) is 0 Å². The average Bonchev–Trinajstić information content (AvgIpc) is 3.09. The maximum absolute atomic E-state index is 12.1. The lowest BCUT2D eigenvalue weighted by molar-refractivity contribution is -0.923. The van der Waals surface area contributed by atoms with E-state index in [-0.39, 0.29) is 41.1 Å². The monoisotopic (exact) mass is 450 g/mol. The van der Waals surface area contributed by atoms with Gasteiger partial charge in [0, 0.05) is 30.0 Å². The lowest BCUT2D eigenvalue weighted by atomic mass is 9.61. The number of piperidine rings is 1. The predicted molar refractivity (Wildman–Crippen MR) is 92.7 cm³/mol. The molecule has 3 aliphatic heterocycles. The van der Waals surface area contributed by atoms with E-state index in [4.69, 9.17) is 0 Å². The Hall–Kier alpha value is -1.34. The van der Waals surface area contributed by atoms with Crippen LogP contribution >= 0.6 is 0 Å². The van der Waals surface area contributed by atoms with Crippen LogP contribution in [0.5, 0.6) is 5.75 Å². The molecule has 0 saturated carbocycles. The molecule has 1 aliphatic carbocycles. The molecular formula is C20H23IN2O2. The number of likely N-dealkylation sites (N-methyl/N-ethyl adjacent to an activating group) is 1. The zero-order valence-corrected chi connectivity index (χ0v) is 16.7. The third-order valence-electron chi connectivity index (χ3n) is 7.17. The van der Waals surface area contributed by atoms with E-state index >= 15 is 0 Å². The number of quaternary nitrogens is 1. The van der Waals surface area contributed by atoms with Crippen molar-refractivity contribution in [1.29, 1.82) is 0 Å². The van der Waals surface area contributed by atoms with Gasteiger partial charge in [0.25, 0.3) is 0 Å². The van der Waals surface area contributed by atoms with Crippen molar-refractivity contribution in [3.05, 3.63) is 46.7 Å². The molecule has 5 heteroatoms. The molecule has 2 bridgehead atoms. The van der Waals surface area contributed by atoms with Crippen LogP contribution < -0.4 is 29.3 Å². The van der Waals surface area contributed by atoms with Gasteiger partial charge in [0.15, 0.2) is 0 Å². The Morgan fingerprint density at radius 3 is 2.92 bits per heavy atom. The second-order valence-electron chi connectivity index (χ2n) is 8.02. The summed E-state index contributed by atoms with van der Waals surface area (Å²) < 4.78 is 1.04. The minimum atomic E-state index is -0.130. The van der Waals surface area contributed by atoms with Gasteiger partial charge in [-0.15, -0.1) is 0 Å². The lowest BCUT2D eigenvalue weighted by Crippen LogP contribution is -3.00. The molecule has 4 atom stereocenters. The summed E-state index contributed by atoms with van der Waals surface area (Å²) in [4.78, 5) is 12.1. The number of nitrogens with one attached hydrogen (secondary N) is 1. The van der Waals surface area contributed by atoms with Gasteiger partial charge in [-0.1, -0.05) is 18.2 Å². The summed E-state index contributed by atoms with van der Waals surface area (Å²) in [6.07, 6.45) is 5.34. The second kappa shape index (κ2) is 5.33. The van der Waals surface area contributed by atoms with E-state index in [1.165, 1.54) is 11.1 Å². The molecule has 132 valence electrons. The van der Waals surface area contributed by atoms with Crippen molar-refractivity contribution in [2.45, 2.75) is 31.2 Å². The fraction of sp³-hybridized carbons (Fsp3) is 0.450. The molecule has 4 aliphatic rings. The number of phenolic OH excluding ortho intramolecular Hbond substituents is 1. The number of fused-ring (bicyclic) bond motifs is 2. The number of carbonyl (C=O) groups is 1. The Morgan fingerprint density at radius 2 is 2.20 bits per heavy atom. The summed E-state index contributed by atoms with van der Waals surface area (Å²) in [6, 6.07) is 6.27. The van der Waals surface area contributed by atoms with Gasteiger partial charge in [-0.25, -0.2) is 0 Å². The molecule has 5 rings (SSSR count). The van der Waals surface area contributed by atoms with E-state index < -0.39 is 0 Å². The van der Waals surface area contributed by atoms with Gasteiger partial charge in [0.2, 0.25) is 0 Å². The molecule has 2 fully saturated rings. The molecule has 0 amide bonds. The highest BCUT2D eigenvalue weighted by molar-refractivity contribution is 5.85. The number of aldehydes is 1. The van der Waals surface area contributed by atoms with Crippen LogP contribution in [0.25, 0.3) is 0 Å². The number of allylic oxidation sites excluding steroid dienone is 2. The number of anilines is 1. The maximum Gasteiger partial charge on any atom is 0.148 e. The molecule has 1 aromatic rings. The molecule has 0 aromatic heterocycles. The third-order valence-corrected chi connectivity index (χ3v) is 7.17. The second-order valence-corrected chi connectivity index (χ2v) is 8.02. The van der Waals surface area contributed by atoms with Gasteiger partial charge in [-0.3, -0.25) is 4.79 Å². The molecule has 4 nitrogen and oxygen atoms in total. The van der Waals surface area contributed by atoms with Crippen LogP contribution in [0.3, 0.4) is 0 Å². The first-order valence-corrected chi connectivity index (χ1v) is 8.84. The van der Waals surface area contributed by atoms with E-state index in [0.717, 1.165) is 53.7 Å². The summed E-state index contributed by atoms with van der Waals surface area (Å²) in [7, 11) is 2.36. The van der Waals surface area contributed by atoms with Crippen LogP contribution in [-0.2, 0) is 10.2 Å². The highest BCUT2D eigenvalue weighted by Gasteiger charge is 2.67. The summed E-state index contributed by atoms with van der Waals surface area (Å²) >= 11 is 0. The number of benzene rings is 1. The number of rotatable bonds is 1. The normalized spacial score (nSPS) is 38.7. The number of hydrogen-bond donors (Lipinski definition) is 2. The van der Waals surface area contributed by atoms with Gasteiger partial charge >= 0.3 is 0 Å². The molecule has 3 heterocycles. The lowest BCUT2D eigenvalue weighted by Gasteiger charge is -2.51. The molecule has 2 N–H and O–H groups in total. The molecule has 1 unspecified atom stereocenters. The van der Waals surface area contributed by atoms with E-state index in [2.05, 4.69) is 31.4 Å². The topological polar surface area (TPSA) is 49.3 Å². The van der Waals surface area contributed by atoms with Gasteiger partial charge in [-0.05, 0) is 24.1 Å². The van der Waals surface area contributed by atoms with Crippen LogP contribution in [0.1, 0.15) is 25.3 Å². The van der Waals surface area contributed by atoms with Crippen LogP contribution in [-0.4, -0.2) is 42.1 Å². The van der Waals surface area contributed by atoms with Crippen molar-refractivity contribution in [3.8, 4) is 5.75 Å². The Balaban J connectivity index is 0.00000157. The number of hydrogen-bond acceptors (Lipinski definition) is 3. The van der Waals surface area contributed by atoms with Crippen LogP contribution in [0, 0.1) is 5.92 Å². The zero-order valence-electron chi connectivity index (χ0n) is 14.6. The number of carbonyl (C=O) groups excluding carboxylic acids is 1. The van der Waals surface area contributed by atoms with E-state index in [9.17, 15) is 9.90 Å². The first-order chi connectivity index (χ1) is 11.5. The summed E-state index contributed by atoms with van der Waals surface area (Å²) in [5.74, 6) is 0.518. The Morgan fingerprint density at radius 1 is 1.40 bits per heavy atom. The Kier molecular flexibility index (Phi) is 3.64. The summed E-state index contributed by atoms with van der Waals surface area (Å²) in [5, 5.41) is 13.8. The fourth-order valence-electron chi connectivity index (χ4n) is 6.12. The van der Waals surface area contributed by atoms with Gasteiger partial charge in [-0.2, -0.15) is 0 Å². The minimum absolute atomic E-state index is 0. The molecule has 0 radical (unpaired) electrons. The van der Waals surface area contributed by atoms with Crippen molar-refractivity contribution in [1.82, 2.24) is 0 Å². The minimum Gasteiger partial charge on any atom is -1.00 e. The first-order valence-electron chi connectivity index (χ1n) is 8.84. The van der Waals surface area contributed by atoms with E-state index in [1.54, 1.807) is 6.07 Å². The quantitative estimate of drug-likeness (QED) is 0.203. The molecule has 1 aromatic carbocycles. The molecular weight excluding hydrogens is 427 g/mol. The maximum atomic E-state index is 12.1. The van der Waals surface area contributed by atoms with Crippen molar-refractivity contribution < 1.29 is 38.4 Å². The van der Waals surface area contributed by atoms with Crippen molar-refractivity contribution >= 4 is 12.0 Å². The third kappa shape index (κ3) is 1.83. The van der Waals surface area contributed by atoms with Crippen molar-refractivity contribution in [2.24, 2.45) is 5.92 Å². The first kappa shape index (κ1) is 17.1. The van der Waals surface area contributed by atoms with Crippen LogP contribution in [0.4, 0.5) is 5.69 Å². The number of halogens is 1. The van der Waals surface area contributed by atoms with E-state index in [1.807, 2.05) is 6.07 Å². The Bertz CT molecular complexity index is 846. The van der Waals surface area contributed by atoms with Crippen LogP contribution in [0.15, 0.2) is 41.1 Å². The van der Waals surface area contributed by atoms with Crippen LogP contribution in [0.2, 0.25) is 0 Å². The van der Waals surface area contributed by atoms with Gasteiger partial charge in [0.05, 0.1) is 24.7 Å². The summed E-state index contributed by atoms with van der Waals surface area (Å²) in [6.45, 7) is 4.24. The van der Waals surface area contributed by atoms with Crippen molar-refractivity contribution in [2.75, 3.05) is 25.5 Å². The molecule has 1 spiro atoms. The van der Waals surface area contributed by atoms with Gasteiger partial charge in [0.1, 0.15) is 24.6 Å². The SMILES string of the molecule is C/C=C1/C[N+]2(C)CC[C@]34C(=C(C=O)[C@H]1C[C@@H]32)Nc1c(O)cccc14.[I-]. The number of phenols is 1. The largest absolute Gasteiger partial charge is 1.00 e.